The second-order valence-corrected chi connectivity index (χ2v) is 3.47. The SMILES string of the molecule is COc1ccc2c(c1Cl)OCCNC2.Cl. The predicted octanol–water partition coefficient (Wildman–Crippen LogP) is 2.25. The van der Waals surface area contributed by atoms with Crippen LogP contribution in [0.5, 0.6) is 11.5 Å². The van der Waals surface area contributed by atoms with Crippen LogP contribution >= 0.6 is 24.0 Å². The van der Waals surface area contributed by atoms with E-state index in [1.807, 2.05) is 12.1 Å². The zero-order valence-corrected chi connectivity index (χ0v) is 9.95. The van der Waals surface area contributed by atoms with E-state index in [1.165, 1.54) is 0 Å². The Morgan fingerprint density at radius 2 is 2.27 bits per heavy atom. The highest BCUT2D eigenvalue weighted by atomic mass is 35.5. The molecule has 0 fully saturated rings. The van der Waals surface area contributed by atoms with E-state index in [9.17, 15) is 0 Å². The first-order chi connectivity index (χ1) is 6.83. The third-order valence-corrected chi connectivity index (χ3v) is 2.56. The number of halogens is 2. The van der Waals surface area contributed by atoms with Crippen LogP contribution in [0.2, 0.25) is 5.02 Å². The number of hydrogen-bond acceptors (Lipinski definition) is 3. The second-order valence-electron chi connectivity index (χ2n) is 3.10. The average molecular weight is 250 g/mol. The van der Waals surface area contributed by atoms with Gasteiger partial charge < -0.3 is 14.8 Å². The summed E-state index contributed by atoms with van der Waals surface area (Å²) in [5.74, 6) is 1.41. The standard InChI is InChI=1S/C10H12ClNO2.ClH/c1-13-8-3-2-7-6-12-4-5-14-10(7)9(8)11;/h2-3,12H,4-6H2,1H3;1H. The summed E-state index contributed by atoms with van der Waals surface area (Å²) < 4.78 is 10.7. The van der Waals surface area contributed by atoms with Gasteiger partial charge in [-0.2, -0.15) is 0 Å². The highest BCUT2D eigenvalue weighted by Crippen LogP contribution is 2.37. The molecule has 0 spiro atoms. The number of benzene rings is 1. The Balaban J connectivity index is 0.00000112. The number of nitrogens with one attached hydrogen (secondary N) is 1. The fourth-order valence-corrected chi connectivity index (χ4v) is 1.80. The lowest BCUT2D eigenvalue weighted by molar-refractivity contribution is 0.323. The Labute approximate surface area is 100 Å². The molecule has 15 heavy (non-hydrogen) atoms. The van der Waals surface area contributed by atoms with Gasteiger partial charge in [0.25, 0.3) is 0 Å². The summed E-state index contributed by atoms with van der Waals surface area (Å²) in [5.41, 5.74) is 1.08. The van der Waals surface area contributed by atoms with Crippen molar-refractivity contribution in [2.75, 3.05) is 20.3 Å². The lowest BCUT2D eigenvalue weighted by atomic mass is 10.2. The molecule has 1 aromatic rings. The van der Waals surface area contributed by atoms with Crippen LogP contribution in [-0.4, -0.2) is 20.3 Å². The highest BCUT2D eigenvalue weighted by Gasteiger charge is 2.15. The van der Waals surface area contributed by atoms with Gasteiger partial charge in [0.05, 0.1) is 7.11 Å². The highest BCUT2D eigenvalue weighted by molar-refractivity contribution is 6.33. The van der Waals surface area contributed by atoms with Crippen LogP contribution in [0.4, 0.5) is 0 Å². The number of fused-ring (bicyclic) bond motifs is 1. The van der Waals surface area contributed by atoms with E-state index in [4.69, 9.17) is 21.1 Å². The minimum absolute atomic E-state index is 0. The van der Waals surface area contributed by atoms with Gasteiger partial charge in [-0.05, 0) is 6.07 Å². The van der Waals surface area contributed by atoms with E-state index in [0.29, 0.717) is 17.4 Å². The Morgan fingerprint density at radius 1 is 1.47 bits per heavy atom. The number of methoxy groups -OCH3 is 1. The largest absolute Gasteiger partial charge is 0.495 e. The molecule has 0 bridgehead atoms. The molecule has 1 aliphatic rings. The first kappa shape index (κ1) is 12.4. The summed E-state index contributed by atoms with van der Waals surface area (Å²) in [6.45, 7) is 2.27. The smallest absolute Gasteiger partial charge is 0.146 e. The molecule has 1 N–H and O–H groups in total. The molecule has 0 saturated heterocycles. The van der Waals surface area contributed by atoms with E-state index >= 15 is 0 Å². The molecule has 0 aliphatic carbocycles. The molecule has 0 unspecified atom stereocenters. The van der Waals surface area contributed by atoms with E-state index in [0.717, 1.165) is 24.4 Å². The maximum absolute atomic E-state index is 6.12. The van der Waals surface area contributed by atoms with Gasteiger partial charge >= 0.3 is 0 Å². The molecule has 84 valence electrons. The normalized spacial score (nSPS) is 14.3. The molecule has 0 saturated carbocycles. The molecule has 1 aliphatic heterocycles. The van der Waals surface area contributed by atoms with Crippen molar-refractivity contribution in [3.8, 4) is 11.5 Å². The van der Waals surface area contributed by atoms with Crippen LogP contribution in [-0.2, 0) is 6.54 Å². The molecule has 3 nitrogen and oxygen atoms in total. The van der Waals surface area contributed by atoms with Crippen molar-refractivity contribution in [3.63, 3.8) is 0 Å². The van der Waals surface area contributed by atoms with Crippen LogP contribution in [0.25, 0.3) is 0 Å². The van der Waals surface area contributed by atoms with Crippen molar-refractivity contribution in [2.24, 2.45) is 0 Å². The van der Waals surface area contributed by atoms with E-state index in [-0.39, 0.29) is 12.4 Å². The van der Waals surface area contributed by atoms with Gasteiger partial charge in [-0.1, -0.05) is 17.7 Å². The average Bonchev–Trinajstić information content (AvgIpc) is 2.44. The Kier molecular flexibility index (Phi) is 4.51. The van der Waals surface area contributed by atoms with E-state index in [1.54, 1.807) is 7.11 Å². The van der Waals surface area contributed by atoms with Crippen LogP contribution < -0.4 is 14.8 Å². The van der Waals surface area contributed by atoms with E-state index < -0.39 is 0 Å². The van der Waals surface area contributed by atoms with Crippen molar-refractivity contribution < 1.29 is 9.47 Å². The van der Waals surface area contributed by atoms with Gasteiger partial charge in [-0.3, -0.25) is 0 Å². The molecule has 5 heteroatoms. The maximum atomic E-state index is 6.12. The van der Waals surface area contributed by atoms with Crippen LogP contribution in [0, 0.1) is 0 Å². The Hall–Kier alpha value is -0.640. The topological polar surface area (TPSA) is 30.5 Å². The minimum Gasteiger partial charge on any atom is -0.495 e. The first-order valence-electron chi connectivity index (χ1n) is 4.52. The number of ether oxygens (including phenoxy) is 2. The van der Waals surface area contributed by atoms with Crippen LogP contribution in [0.1, 0.15) is 5.56 Å². The van der Waals surface area contributed by atoms with Crippen molar-refractivity contribution in [1.82, 2.24) is 5.32 Å². The zero-order valence-electron chi connectivity index (χ0n) is 8.38. The molecule has 1 aromatic carbocycles. The maximum Gasteiger partial charge on any atom is 0.146 e. The first-order valence-corrected chi connectivity index (χ1v) is 4.89. The number of rotatable bonds is 1. The molecule has 0 radical (unpaired) electrons. The van der Waals surface area contributed by atoms with Crippen molar-refractivity contribution >= 4 is 24.0 Å². The zero-order chi connectivity index (χ0) is 9.97. The van der Waals surface area contributed by atoms with Gasteiger partial charge in [-0.25, -0.2) is 0 Å². The fraction of sp³-hybridized carbons (Fsp3) is 0.400. The Morgan fingerprint density at radius 3 is 3.00 bits per heavy atom. The third kappa shape index (κ3) is 2.48. The van der Waals surface area contributed by atoms with Gasteiger partial charge in [-0.15, -0.1) is 12.4 Å². The minimum atomic E-state index is 0. The lowest BCUT2D eigenvalue weighted by Gasteiger charge is -2.11. The summed E-state index contributed by atoms with van der Waals surface area (Å²) in [5, 5.41) is 3.81. The quantitative estimate of drug-likeness (QED) is 0.829. The molecule has 0 atom stereocenters. The summed E-state index contributed by atoms with van der Waals surface area (Å²) in [4.78, 5) is 0. The van der Waals surface area contributed by atoms with Crippen LogP contribution in [0.3, 0.4) is 0 Å². The monoisotopic (exact) mass is 249 g/mol. The molecule has 1 heterocycles. The summed E-state index contributed by atoms with van der Waals surface area (Å²) in [7, 11) is 1.60. The second kappa shape index (κ2) is 5.45. The fourth-order valence-electron chi connectivity index (χ4n) is 1.48. The van der Waals surface area contributed by atoms with Crippen molar-refractivity contribution in [3.05, 3.63) is 22.7 Å². The van der Waals surface area contributed by atoms with Crippen molar-refractivity contribution in [1.29, 1.82) is 0 Å². The lowest BCUT2D eigenvalue weighted by Crippen LogP contribution is -2.16. The number of hydrogen-bond donors (Lipinski definition) is 1. The molecular weight excluding hydrogens is 237 g/mol. The molecule has 0 aromatic heterocycles. The summed E-state index contributed by atoms with van der Waals surface area (Å²) in [6.07, 6.45) is 0. The van der Waals surface area contributed by atoms with Crippen LogP contribution in [0.15, 0.2) is 12.1 Å². The molecular formula is C10H13Cl2NO2. The molecule has 0 amide bonds. The molecule has 2 rings (SSSR count). The van der Waals surface area contributed by atoms with E-state index in [2.05, 4.69) is 5.32 Å². The van der Waals surface area contributed by atoms with Gasteiger partial charge in [0.15, 0.2) is 0 Å². The van der Waals surface area contributed by atoms with Crippen molar-refractivity contribution in [2.45, 2.75) is 6.54 Å². The van der Waals surface area contributed by atoms with Gasteiger partial charge in [0.2, 0.25) is 0 Å². The summed E-state index contributed by atoms with van der Waals surface area (Å²) >= 11 is 6.12. The van der Waals surface area contributed by atoms with Gasteiger partial charge in [0, 0.05) is 18.7 Å². The Bertz CT molecular complexity index is 344. The predicted molar refractivity (Wildman–Crippen MR) is 62.5 cm³/mol. The third-order valence-electron chi connectivity index (χ3n) is 2.20. The van der Waals surface area contributed by atoms with Gasteiger partial charge in [0.1, 0.15) is 23.1 Å². The summed E-state index contributed by atoms with van der Waals surface area (Å²) in [6, 6.07) is 3.83.